The van der Waals surface area contributed by atoms with Crippen LogP contribution >= 0.6 is 23.2 Å². The monoisotopic (exact) mass is 447 g/mol. The molecule has 0 N–H and O–H groups in total. The van der Waals surface area contributed by atoms with Crippen LogP contribution in [0.2, 0.25) is 10.0 Å². The summed E-state index contributed by atoms with van der Waals surface area (Å²) in [6.45, 7) is -0.944. The Kier molecular flexibility index (Phi) is 7.01. The number of alkyl halides is 3. The maximum atomic E-state index is 12.7. The highest BCUT2D eigenvalue weighted by Crippen LogP contribution is 2.31. The molecule has 1 aromatic carbocycles. The molecule has 1 aromatic rings. The fourth-order valence-corrected chi connectivity index (χ4v) is 4.78. The lowest BCUT2D eigenvalue weighted by Gasteiger charge is -2.34. The summed E-state index contributed by atoms with van der Waals surface area (Å²) in [6, 6.07) is 4.31. The smallest absolute Gasteiger partial charge is 0.336 e. The number of hydrogen-bond acceptors (Lipinski definition) is 4. The van der Waals surface area contributed by atoms with Gasteiger partial charge in [0.25, 0.3) is 0 Å². The lowest BCUT2D eigenvalue weighted by atomic mass is 10.3. The first kappa shape index (κ1) is 22.2. The molecule has 0 saturated carbocycles. The third-order valence-corrected chi connectivity index (χ3v) is 6.94. The largest absolute Gasteiger partial charge is 0.406 e. The van der Waals surface area contributed by atoms with Crippen LogP contribution in [0, 0.1) is 0 Å². The van der Waals surface area contributed by atoms with Crippen molar-refractivity contribution in [3.05, 3.63) is 28.2 Å². The van der Waals surface area contributed by atoms with Gasteiger partial charge in [0.15, 0.2) is 0 Å². The minimum Gasteiger partial charge on any atom is -0.336 e. The zero-order valence-corrected chi connectivity index (χ0v) is 16.7. The normalized spacial score (nSPS) is 17.1. The first-order valence-corrected chi connectivity index (χ1v) is 10.1. The summed E-state index contributed by atoms with van der Waals surface area (Å²) in [6.07, 6.45) is -4.46. The molecule has 1 fully saturated rings. The van der Waals surface area contributed by atoms with Crippen molar-refractivity contribution in [3.8, 4) is 0 Å². The molecule has 152 valence electrons. The molecule has 0 unspecified atom stereocenters. The van der Waals surface area contributed by atoms with Gasteiger partial charge in [-0.05, 0) is 12.1 Å². The van der Waals surface area contributed by atoms with Gasteiger partial charge in [0.2, 0.25) is 15.9 Å². The quantitative estimate of drug-likeness (QED) is 0.694. The molecule has 1 amide bonds. The number of sulfonamides is 1. The van der Waals surface area contributed by atoms with Gasteiger partial charge in [-0.1, -0.05) is 29.3 Å². The van der Waals surface area contributed by atoms with Crippen LogP contribution in [0.25, 0.3) is 0 Å². The van der Waals surface area contributed by atoms with E-state index in [0.717, 1.165) is 7.05 Å². The van der Waals surface area contributed by atoms with Gasteiger partial charge in [0.1, 0.15) is 11.4 Å². The van der Waals surface area contributed by atoms with E-state index in [1.54, 1.807) is 4.90 Å². The van der Waals surface area contributed by atoms with Gasteiger partial charge in [-0.15, -0.1) is 0 Å². The van der Waals surface area contributed by atoms with Crippen LogP contribution in [0.3, 0.4) is 0 Å². The molecule has 0 aliphatic carbocycles. The SMILES string of the molecule is CN(CC(F)(F)F)C(=O)CN1CCN(S(=O)(=O)c2cccc(Cl)c2Cl)CC1. The second-order valence-corrected chi connectivity index (χ2v) is 8.79. The van der Waals surface area contributed by atoms with Crippen LogP contribution in [0.15, 0.2) is 23.1 Å². The molecule has 0 bridgehead atoms. The highest BCUT2D eigenvalue weighted by Gasteiger charge is 2.33. The molecule has 0 spiro atoms. The topological polar surface area (TPSA) is 60.9 Å². The van der Waals surface area contributed by atoms with Gasteiger partial charge in [0, 0.05) is 33.2 Å². The van der Waals surface area contributed by atoms with Crippen LogP contribution in [0.5, 0.6) is 0 Å². The average molecular weight is 448 g/mol. The number of piperazine rings is 1. The minimum atomic E-state index is -4.46. The maximum Gasteiger partial charge on any atom is 0.406 e. The summed E-state index contributed by atoms with van der Waals surface area (Å²) in [5.41, 5.74) is 0. The van der Waals surface area contributed by atoms with Gasteiger partial charge >= 0.3 is 6.18 Å². The number of nitrogens with zero attached hydrogens (tertiary/aromatic N) is 3. The number of likely N-dealkylation sites (N-methyl/N-ethyl adjacent to an activating group) is 1. The Morgan fingerprint density at radius 3 is 2.33 bits per heavy atom. The Labute approximate surface area is 165 Å². The number of carbonyl (C=O) groups is 1. The van der Waals surface area contributed by atoms with Gasteiger partial charge in [0.05, 0.1) is 16.6 Å². The van der Waals surface area contributed by atoms with E-state index in [4.69, 9.17) is 23.2 Å². The molecule has 12 heteroatoms. The van der Waals surface area contributed by atoms with Crippen molar-refractivity contribution < 1.29 is 26.4 Å². The number of rotatable bonds is 5. The Morgan fingerprint density at radius 2 is 1.78 bits per heavy atom. The van der Waals surface area contributed by atoms with E-state index in [1.165, 1.54) is 22.5 Å². The molecule has 27 heavy (non-hydrogen) atoms. The lowest BCUT2D eigenvalue weighted by Crippen LogP contribution is -2.51. The summed E-state index contributed by atoms with van der Waals surface area (Å²) in [4.78, 5) is 14.0. The van der Waals surface area contributed by atoms with Gasteiger partial charge < -0.3 is 4.90 Å². The van der Waals surface area contributed by atoms with E-state index in [2.05, 4.69) is 0 Å². The zero-order valence-electron chi connectivity index (χ0n) is 14.3. The Hall–Kier alpha value is -1.07. The molecule has 2 rings (SSSR count). The number of benzene rings is 1. The summed E-state index contributed by atoms with van der Waals surface area (Å²) < 4.78 is 63.7. The van der Waals surface area contributed by atoms with Crippen molar-refractivity contribution in [1.29, 1.82) is 0 Å². The number of amides is 1. The van der Waals surface area contributed by atoms with Crippen molar-refractivity contribution in [2.45, 2.75) is 11.1 Å². The number of carbonyl (C=O) groups excluding carboxylic acids is 1. The third kappa shape index (κ3) is 5.71. The van der Waals surface area contributed by atoms with E-state index < -0.39 is 28.7 Å². The average Bonchev–Trinajstić information content (AvgIpc) is 2.56. The van der Waals surface area contributed by atoms with Crippen LogP contribution in [-0.2, 0) is 14.8 Å². The molecule has 0 atom stereocenters. The molecule has 0 radical (unpaired) electrons. The second-order valence-electron chi connectivity index (χ2n) is 6.10. The Balaban J connectivity index is 1.97. The molecule has 1 saturated heterocycles. The maximum absolute atomic E-state index is 12.7. The first-order chi connectivity index (χ1) is 12.4. The predicted octanol–water partition coefficient (Wildman–Crippen LogP) is 2.32. The summed E-state index contributed by atoms with van der Waals surface area (Å²) in [5.74, 6) is -0.679. The summed E-state index contributed by atoms with van der Waals surface area (Å²) in [7, 11) is -2.78. The van der Waals surface area contributed by atoms with Gasteiger partial charge in [-0.2, -0.15) is 17.5 Å². The van der Waals surface area contributed by atoms with Gasteiger partial charge in [-0.3, -0.25) is 9.69 Å². The summed E-state index contributed by atoms with van der Waals surface area (Å²) >= 11 is 11.9. The van der Waals surface area contributed by atoms with Crippen molar-refractivity contribution in [2.75, 3.05) is 46.3 Å². The highest BCUT2D eigenvalue weighted by atomic mass is 35.5. The van der Waals surface area contributed by atoms with Crippen LogP contribution in [-0.4, -0.2) is 80.9 Å². The molecular weight excluding hydrogens is 430 g/mol. The number of hydrogen-bond donors (Lipinski definition) is 0. The second kappa shape index (κ2) is 8.52. The Morgan fingerprint density at radius 1 is 1.19 bits per heavy atom. The molecule has 6 nitrogen and oxygen atoms in total. The Bertz CT molecular complexity index is 797. The van der Waals surface area contributed by atoms with Gasteiger partial charge in [-0.25, -0.2) is 8.42 Å². The molecule has 0 aromatic heterocycles. The zero-order chi connectivity index (χ0) is 20.4. The van der Waals surface area contributed by atoms with Crippen LogP contribution in [0.4, 0.5) is 13.2 Å². The lowest BCUT2D eigenvalue weighted by molar-refractivity contribution is -0.159. The third-order valence-electron chi connectivity index (χ3n) is 4.07. The van der Waals surface area contributed by atoms with E-state index in [0.29, 0.717) is 4.90 Å². The predicted molar refractivity (Wildman–Crippen MR) is 95.4 cm³/mol. The first-order valence-electron chi connectivity index (χ1n) is 7.89. The van der Waals surface area contributed by atoms with Crippen LogP contribution in [0.1, 0.15) is 0 Å². The van der Waals surface area contributed by atoms with E-state index in [9.17, 15) is 26.4 Å². The van der Waals surface area contributed by atoms with Crippen molar-refractivity contribution >= 4 is 39.1 Å². The standard InChI is InChI=1S/C15H18Cl2F3N3O3S/c1-21(10-15(18,19)20)13(24)9-22-5-7-23(8-6-22)27(25,26)12-4-2-3-11(16)14(12)17/h2-4H,5-10H2,1H3. The van der Waals surface area contributed by atoms with E-state index in [1.807, 2.05) is 0 Å². The molecule has 1 heterocycles. The molecule has 1 aliphatic heterocycles. The molecule has 1 aliphatic rings. The number of halogens is 5. The van der Waals surface area contributed by atoms with E-state index in [-0.39, 0.29) is 47.7 Å². The molecular formula is C15H18Cl2F3N3O3S. The fraction of sp³-hybridized carbons (Fsp3) is 0.533. The van der Waals surface area contributed by atoms with Crippen molar-refractivity contribution in [2.24, 2.45) is 0 Å². The van der Waals surface area contributed by atoms with Crippen LogP contribution < -0.4 is 0 Å². The fourth-order valence-electron chi connectivity index (χ4n) is 2.62. The highest BCUT2D eigenvalue weighted by molar-refractivity contribution is 7.89. The van der Waals surface area contributed by atoms with Crippen molar-refractivity contribution in [1.82, 2.24) is 14.1 Å². The summed E-state index contributed by atoms with van der Waals surface area (Å²) in [5, 5.41) is 0.0558. The van der Waals surface area contributed by atoms with E-state index >= 15 is 0 Å². The van der Waals surface area contributed by atoms with Crippen molar-refractivity contribution in [3.63, 3.8) is 0 Å². The minimum absolute atomic E-state index is 0.0643.